The van der Waals surface area contributed by atoms with Gasteiger partial charge in [0.05, 0.1) is 6.42 Å². The van der Waals surface area contributed by atoms with Crippen LogP contribution in [0.1, 0.15) is 24.8 Å². The molecule has 1 aromatic rings. The third-order valence-corrected chi connectivity index (χ3v) is 5.10. The van der Waals surface area contributed by atoms with Crippen molar-refractivity contribution in [3.05, 3.63) is 35.9 Å². The zero-order valence-corrected chi connectivity index (χ0v) is 14.1. The predicted octanol–water partition coefficient (Wildman–Crippen LogP) is 1.86. The number of carbonyl (C=O) groups is 1. The van der Waals surface area contributed by atoms with Gasteiger partial charge in [0.25, 0.3) is 0 Å². The molecule has 2 aliphatic rings. The number of piperazine rings is 1. The van der Waals surface area contributed by atoms with E-state index in [0.29, 0.717) is 6.42 Å². The minimum Gasteiger partial charge on any atom is -0.340 e. The molecule has 2 fully saturated rings. The molecule has 0 bridgehead atoms. The number of nitrogens with zero attached hydrogens (tertiary/aromatic N) is 3. The molecule has 2 heterocycles. The van der Waals surface area contributed by atoms with Crippen molar-refractivity contribution in [2.24, 2.45) is 0 Å². The van der Waals surface area contributed by atoms with E-state index in [-0.39, 0.29) is 5.91 Å². The summed E-state index contributed by atoms with van der Waals surface area (Å²) >= 11 is 0. The smallest absolute Gasteiger partial charge is 0.227 e. The number of benzene rings is 1. The van der Waals surface area contributed by atoms with Gasteiger partial charge in [-0.2, -0.15) is 0 Å². The molecule has 4 heteroatoms. The molecule has 0 unspecified atom stereocenters. The minimum absolute atomic E-state index is 0.270. The van der Waals surface area contributed by atoms with Crippen LogP contribution in [0.15, 0.2) is 30.3 Å². The van der Waals surface area contributed by atoms with E-state index in [4.69, 9.17) is 0 Å². The van der Waals surface area contributed by atoms with Crippen LogP contribution < -0.4 is 0 Å². The molecule has 0 atom stereocenters. The number of hydrogen-bond donors (Lipinski definition) is 0. The number of piperidine rings is 1. The summed E-state index contributed by atoms with van der Waals surface area (Å²) in [6.45, 7) is 8.70. The molecule has 1 aromatic carbocycles. The summed E-state index contributed by atoms with van der Waals surface area (Å²) in [4.78, 5) is 19.5. The second kappa shape index (κ2) is 8.46. The van der Waals surface area contributed by atoms with Gasteiger partial charge in [-0.15, -0.1) is 0 Å². The molecular weight excluding hydrogens is 286 g/mol. The Balaban J connectivity index is 1.37. The quantitative estimate of drug-likeness (QED) is 0.830. The lowest BCUT2D eigenvalue weighted by molar-refractivity contribution is -0.132. The lowest BCUT2D eigenvalue weighted by atomic mass is 10.1. The van der Waals surface area contributed by atoms with Gasteiger partial charge in [0.2, 0.25) is 5.91 Å². The molecule has 0 aliphatic carbocycles. The zero-order valence-electron chi connectivity index (χ0n) is 14.1. The lowest BCUT2D eigenvalue weighted by Gasteiger charge is -2.36. The van der Waals surface area contributed by atoms with Crippen molar-refractivity contribution in [3.8, 4) is 0 Å². The van der Waals surface area contributed by atoms with Crippen molar-refractivity contribution >= 4 is 5.91 Å². The second-order valence-electron chi connectivity index (χ2n) is 6.79. The molecule has 3 rings (SSSR count). The van der Waals surface area contributed by atoms with Crippen LogP contribution in [0.4, 0.5) is 0 Å². The van der Waals surface area contributed by atoms with Crippen molar-refractivity contribution in [2.45, 2.75) is 25.7 Å². The van der Waals surface area contributed by atoms with E-state index in [0.717, 1.165) is 38.3 Å². The maximum absolute atomic E-state index is 12.4. The monoisotopic (exact) mass is 315 g/mol. The molecule has 0 radical (unpaired) electrons. The van der Waals surface area contributed by atoms with Crippen LogP contribution in [0.25, 0.3) is 0 Å². The summed E-state index contributed by atoms with van der Waals surface area (Å²) in [5.41, 5.74) is 1.12. The van der Waals surface area contributed by atoms with E-state index in [1.807, 2.05) is 35.2 Å². The van der Waals surface area contributed by atoms with Crippen molar-refractivity contribution in [1.29, 1.82) is 0 Å². The van der Waals surface area contributed by atoms with E-state index in [2.05, 4.69) is 9.80 Å². The lowest BCUT2D eigenvalue weighted by Crippen LogP contribution is -2.50. The summed E-state index contributed by atoms with van der Waals surface area (Å²) in [7, 11) is 0. The van der Waals surface area contributed by atoms with Gasteiger partial charge in [-0.05, 0) is 31.5 Å². The van der Waals surface area contributed by atoms with Crippen LogP contribution in [0.5, 0.6) is 0 Å². The summed E-state index contributed by atoms with van der Waals surface area (Å²) in [5, 5.41) is 0. The van der Waals surface area contributed by atoms with Gasteiger partial charge < -0.3 is 9.80 Å². The number of carbonyl (C=O) groups excluding carboxylic acids is 1. The molecule has 2 saturated heterocycles. The normalized spacial score (nSPS) is 20.6. The first-order valence-corrected chi connectivity index (χ1v) is 9.08. The molecule has 0 saturated carbocycles. The van der Waals surface area contributed by atoms with Crippen molar-refractivity contribution < 1.29 is 4.79 Å². The molecule has 4 nitrogen and oxygen atoms in total. The molecule has 1 amide bonds. The summed E-state index contributed by atoms with van der Waals surface area (Å²) in [5.74, 6) is 0.270. The maximum Gasteiger partial charge on any atom is 0.227 e. The highest BCUT2D eigenvalue weighted by Crippen LogP contribution is 2.10. The molecular formula is C19H29N3O. The topological polar surface area (TPSA) is 26.8 Å². The summed E-state index contributed by atoms with van der Waals surface area (Å²) in [6.07, 6.45) is 4.66. The van der Waals surface area contributed by atoms with Crippen LogP contribution in [-0.2, 0) is 11.2 Å². The van der Waals surface area contributed by atoms with Crippen molar-refractivity contribution in [1.82, 2.24) is 14.7 Å². The first-order chi connectivity index (χ1) is 11.3. The van der Waals surface area contributed by atoms with Crippen LogP contribution >= 0.6 is 0 Å². The van der Waals surface area contributed by atoms with Gasteiger partial charge in [-0.25, -0.2) is 0 Å². The third kappa shape index (κ3) is 5.05. The molecule has 0 N–H and O–H groups in total. The highest BCUT2D eigenvalue weighted by molar-refractivity contribution is 5.78. The Bertz CT molecular complexity index is 477. The van der Waals surface area contributed by atoms with Crippen LogP contribution in [0.3, 0.4) is 0 Å². The zero-order chi connectivity index (χ0) is 15.9. The largest absolute Gasteiger partial charge is 0.340 e. The SMILES string of the molecule is O=C(Cc1ccccc1)N1CCN(CCN2CCCCC2)CC1. The number of amides is 1. The Morgan fingerprint density at radius 3 is 2.04 bits per heavy atom. The number of hydrogen-bond acceptors (Lipinski definition) is 3. The van der Waals surface area contributed by atoms with Gasteiger partial charge in [-0.1, -0.05) is 36.8 Å². The second-order valence-corrected chi connectivity index (χ2v) is 6.79. The van der Waals surface area contributed by atoms with Crippen molar-refractivity contribution in [2.75, 3.05) is 52.4 Å². The number of likely N-dealkylation sites (tertiary alicyclic amines) is 1. The van der Waals surface area contributed by atoms with Crippen LogP contribution in [0, 0.1) is 0 Å². The van der Waals surface area contributed by atoms with Gasteiger partial charge in [0.15, 0.2) is 0 Å². The molecule has 23 heavy (non-hydrogen) atoms. The van der Waals surface area contributed by atoms with E-state index < -0.39 is 0 Å². The van der Waals surface area contributed by atoms with Gasteiger partial charge in [0.1, 0.15) is 0 Å². The van der Waals surface area contributed by atoms with E-state index in [1.165, 1.54) is 38.9 Å². The standard InChI is InChI=1S/C19H29N3O/c23-19(17-18-7-3-1-4-8-18)22-15-13-21(14-16-22)12-11-20-9-5-2-6-10-20/h1,3-4,7-8H,2,5-6,9-17H2. The van der Waals surface area contributed by atoms with Crippen LogP contribution in [0.2, 0.25) is 0 Å². The average Bonchev–Trinajstić information content (AvgIpc) is 2.62. The average molecular weight is 315 g/mol. The Morgan fingerprint density at radius 2 is 1.39 bits per heavy atom. The Kier molecular flexibility index (Phi) is 6.06. The molecule has 2 aliphatic heterocycles. The summed E-state index contributed by atoms with van der Waals surface area (Å²) in [6, 6.07) is 10.1. The molecule has 0 spiro atoms. The molecule has 126 valence electrons. The van der Waals surface area contributed by atoms with Gasteiger partial charge in [-0.3, -0.25) is 9.69 Å². The van der Waals surface area contributed by atoms with Gasteiger partial charge >= 0.3 is 0 Å². The van der Waals surface area contributed by atoms with E-state index >= 15 is 0 Å². The molecule has 0 aromatic heterocycles. The fourth-order valence-electron chi connectivity index (χ4n) is 3.57. The van der Waals surface area contributed by atoms with Crippen molar-refractivity contribution in [3.63, 3.8) is 0 Å². The van der Waals surface area contributed by atoms with Crippen LogP contribution in [-0.4, -0.2) is 73.0 Å². The fourth-order valence-corrected chi connectivity index (χ4v) is 3.57. The highest BCUT2D eigenvalue weighted by atomic mass is 16.2. The van der Waals surface area contributed by atoms with Gasteiger partial charge in [0, 0.05) is 39.3 Å². The van der Waals surface area contributed by atoms with E-state index in [1.54, 1.807) is 0 Å². The van der Waals surface area contributed by atoms with E-state index in [9.17, 15) is 4.79 Å². The minimum atomic E-state index is 0.270. The fraction of sp³-hybridized carbons (Fsp3) is 0.632. The predicted molar refractivity (Wildman–Crippen MR) is 93.5 cm³/mol. The summed E-state index contributed by atoms with van der Waals surface area (Å²) < 4.78 is 0. The highest BCUT2D eigenvalue weighted by Gasteiger charge is 2.21. The number of rotatable bonds is 5. The Labute approximate surface area is 140 Å². The Morgan fingerprint density at radius 1 is 0.783 bits per heavy atom. The maximum atomic E-state index is 12.4. The first-order valence-electron chi connectivity index (χ1n) is 9.08. The third-order valence-electron chi connectivity index (χ3n) is 5.10. The first kappa shape index (κ1) is 16.5. The Hall–Kier alpha value is -1.39.